The number of hydrogen-bond acceptors (Lipinski definition) is 3. The fraction of sp³-hybridized carbons (Fsp3) is 0.611. The molecule has 0 saturated carbocycles. The normalized spacial score (nSPS) is 20.6. The van der Waals surface area contributed by atoms with Crippen LogP contribution in [0.5, 0.6) is 0 Å². The van der Waals surface area contributed by atoms with E-state index in [9.17, 15) is 4.79 Å². The third kappa shape index (κ3) is 3.87. The van der Waals surface area contributed by atoms with Gasteiger partial charge in [0, 0.05) is 25.7 Å². The van der Waals surface area contributed by atoms with Gasteiger partial charge in [0.2, 0.25) is 5.91 Å². The molecule has 1 aromatic carbocycles. The summed E-state index contributed by atoms with van der Waals surface area (Å²) in [6.45, 7) is 7.56. The highest BCUT2D eigenvalue weighted by atomic mass is 16.2. The van der Waals surface area contributed by atoms with Crippen LogP contribution in [-0.2, 0) is 4.79 Å². The first-order chi connectivity index (χ1) is 10.7. The fourth-order valence-electron chi connectivity index (χ4n) is 3.33. The van der Waals surface area contributed by atoms with Crippen LogP contribution in [0.25, 0.3) is 0 Å². The first-order valence-electron chi connectivity index (χ1n) is 8.46. The maximum absolute atomic E-state index is 13.1. The molecule has 4 nitrogen and oxygen atoms in total. The Labute approximate surface area is 134 Å². The van der Waals surface area contributed by atoms with Crippen molar-refractivity contribution < 1.29 is 4.79 Å². The molecule has 1 aromatic rings. The van der Waals surface area contributed by atoms with Crippen LogP contribution >= 0.6 is 0 Å². The van der Waals surface area contributed by atoms with E-state index in [0.717, 1.165) is 38.2 Å². The molecule has 2 unspecified atom stereocenters. The molecule has 2 rings (SSSR count). The zero-order valence-electron chi connectivity index (χ0n) is 14.1. The molecule has 0 spiro atoms. The minimum atomic E-state index is -0.155. The maximum Gasteiger partial charge on any atom is 0.244 e. The molecule has 1 N–H and O–H groups in total. The smallest absolute Gasteiger partial charge is 0.244 e. The Hall–Kier alpha value is -1.39. The Morgan fingerprint density at radius 2 is 2.00 bits per heavy atom. The highest BCUT2D eigenvalue weighted by Gasteiger charge is 2.33. The van der Waals surface area contributed by atoms with Gasteiger partial charge in [0.25, 0.3) is 0 Å². The highest BCUT2D eigenvalue weighted by molar-refractivity contribution is 5.83. The van der Waals surface area contributed by atoms with E-state index in [4.69, 9.17) is 0 Å². The molecule has 1 heterocycles. The van der Waals surface area contributed by atoms with Gasteiger partial charge in [-0.25, -0.2) is 0 Å². The fourth-order valence-corrected chi connectivity index (χ4v) is 3.33. The van der Waals surface area contributed by atoms with Crippen LogP contribution in [0.15, 0.2) is 30.3 Å². The van der Waals surface area contributed by atoms with Gasteiger partial charge < -0.3 is 10.2 Å². The van der Waals surface area contributed by atoms with Gasteiger partial charge in [-0.1, -0.05) is 30.3 Å². The minimum absolute atomic E-state index is 0.155. The summed E-state index contributed by atoms with van der Waals surface area (Å²) >= 11 is 0. The van der Waals surface area contributed by atoms with Gasteiger partial charge in [-0.2, -0.15) is 0 Å². The zero-order valence-corrected chi connectivity index (χ0v) is 14.1. The lowest BCUT2D eigenvalue weighted by atomic mass is 9.98. The van der Waals surface area contributed by atoms with Crippen LogP contribution in [0.2, 0.25) is 0 Å². The molecular formula is C18H29N3O. The Morgan fingerprint density at radius 1 is 1.32 bits per heavy atom. The Bertz CT molecular complexity index is 459. The van der Waals surface area contributed by atoms with Gasteiger partial charge in [0.05, 0.1) is 0 Å². The number of carbonyl (C=O) groups is 1. The predicted octanol–water partition coefficient (Wildman–Crippen LogP) is 2.28. The lowest BCUT2D eigenvalue weighted by Gasteiger charge is -2.39. The molecule has 0 bridgehead atoms. The summed E-state index contributed by atoms with van der Waals surface area (Å²) in [7, 11) is 2.01. The van der Waals surface area contributed by atoms with Gasteiger partial charge in [-0.15, -0.1) is 0 Å². The van der Waals surface area contributed by atoms with Gasteiger partial charge in [-0.3, -0.25) is 9.69 Å². The molecule has 2 atom stereocenters. The third-order valence-corrected chi connectivity index (χ3v) is 4.65. The number of likely N-dealkylation sites (N-methyl/N-ethyl adjacent to an activating group) is 2. The quantitative estimate of drug-likeness (QED) is 0.876. The van der Waals surface area contributed by atoms with Crippen molar-refractivity contribution in [2.24, 2.45) is 0 Å². The summed E-state index contributed by atoms with van der Waals surface area (Å²) in [6, 6.07) is 10.5. The monoisotopic (exact) mass is 303 g/mol. The Balaban J connectivity index is 2.27. The Kier molecular flexibility index (Phi) is 6.40. The van der Waals surface area contributed by atoms with Crippen molar-refractivity contribution in [1.29, 1.82) is 0 Å². The number of hydrogen-bond donors (Lipinski definition) is 1. The molecule has 1 saturated heterocycles. The predicted molar refractivity (Wildman–Crippen MR) is 90.8 cm³/mol. The summed E-state index contributed by atoms with van der Waals surface area (Å²) in [4.78, 5) is 17.4. The van der Waals surface area contributed by atoms with Crippen LogP contribution in [0, 0.1) is 0 Å². The van der Waals surface area contributed by atoms with Crippen molar-refractivity contribution in [2.45, 2.75) is 38.8 Å². The maximum atomic E-state index is 13.1. The summed E-state index contributed by atoms with van der Waals surface area (Å²) < 4.78 is 0. The molecule has 0 aliphatic carbocycles. The topological polar surface area (TPSA) is 35.6 Å². The van der Waals surface area contributed by atoms with Gasteiger partial charge in [-0.05, 0) is 45.8 Å². The summed E-state index contributed by atoms with van der Waals surface area (Å²) in [5.41, 5.74) is 1.11. The minimum Gasteiger partial charge on any atom is -0.342 e. The number of nitrogens with zero attached hydrogens (tertiary/aromatic N) is 2. The van der Waals surface area contributed by atoms with Gasteiger partial charge in [0.15, 0.2) is 0 Å². The number of carbonyl (C=O) groups excluding carboxylic acids is 1. The molecular weight excluding hydrogens is 274 g/mol. The molecule has 4 heteroatoms. The number of piperidine rings is 1. The molecule has 1 aliphatic rings. The van der Waals surface area contributed by atoms with E-state index in [1.54, 1.807) is 0 Å². The SMILES string of the molecule is CCN(CC)C(=O)C(c1ccccc1)N1CCCC(NC)C1. The number of nitrogens with one attached hydrogen (secondary N) is 1. The second kappa shape index (κ2) is 8.30. The summed E-state index contributed by atoms with van der Waals surface area (Å²) in [5, 5.41) is 3.37. The molecule has 0 radical (unpaired) electrons. The van der Waals surface area contributed by atoms with Crippen molar-refractivity contribution >= 4 is 5.91 Å². The summed E-state index contributed by atoms with van der Waals surface area (Å²) in [6.07, 6.45) is 2.33. The van der Waals surface area contributed by atoms with Crippen LogP contribution in [0.1, 0.15) is 38.3 Å². The molecule has 1 aliphatic heterocycles. The lowest BCUT2D eigenvalue weighted by molar-refractivity contribution is -0.137. The zero-order chi connectivity index (χ0) is 15.9. The van der Waals surface area contributed by atoms with Crippen molar-refractivity contribution in [3.05, 3.63) is 35.9 Å². The standard InChI is InChI=1S/C18H29N3O/c1-4-20(5-2)18(22)17(15-10-7-6-8-11-15)21-13-9-12-16(14-21)19-3/h6-8,10-11,16-17,19H,4-5,9,12-14H2,1-3H3. The van der Waals surface area contributed by atoms with E-state index in [1.807, 2.05) is 30.1 Å². The number of benzene rings is 1. The van der Waals surface area contributed by atoms with Gasteiger partial charge >= 0.3 is 0 Å². The molecule has 1 fully saturated rings. The van der Waals surface area contributed by atoms with Crippen molar-refractivity contribution in [2.75, 3.05) is 33.2 Å². The average Bonchev–Trinajstić information content (AvgIpc) is 2.57. The molecule has 122 valence electrons. The van der Waals surface area contributed by atoms with Crippen LogP contribution < -0.4 is 5.32 Å². The number of likely N-dealkylation sites (tertiary alicyclic amines) is 1. The third-order valence-electron chi connectivity index (χ3n) is 4.65. The molecule has 1 amide bonds. The number of rotatable bonds is 6. The van der Waals surface area contributed by atoms with E-state index >= 15 is 0 Å². The van der Waals surface area contributed by atoms with Crippen molar-refractivity contribution in [3.8, 4) is 0 Å². The summed E-state index contributed by atoms with van der Waals surface area (Å²) in [5.74, 6) is 0.230. The Morgan fingerprint density at radius 3 is 2.59 bits per heavy atom. The van der Waals surface area contributed by atoms with E-state index < -0.39 is 0 Å². The highest BCUT2D eigenvalue weighted by Crippen LogP contribution is 2.26. The van der Waals surface area contributed by atoms with Crippen molar-refractivity contribution in [3.63, 3.8) is 0 Å². The van der Waals surface area contributed by atoms with Crippen molar-refractivity contribution in [1.82, 2.24) is 15.1 Å². The first-order valence-corrected chi connectivity index (χ1v) is 8.46. The van der Waals surface area contributed by atoms with Crippen LogP contribution in [0.4, 0.5) is 0 Å². The lowest BCUT2D eigenvalue weighted by Crippen LogP contribution is -2.50. The van der Waals surface area contributed by atoms with Gasteiger partial charge in [0.1, 0.15) is 6.04 Å². The van der Waals surface area contributed by atoms with Crippen LogP contribution in [0.3, 0.4) is 0 Å². The van der Waals surface area contributed by atoms with E-state index in [-0.39, 0.29) is 11.9 Å². The van der Waals surface area contributed by atoms with E-state index in [2.05, 4.69) is 36.2 Å². The van der Waals surface area contributed by atoms with E-state index in [1.165, 1.54) is 6.42 Å². The van der Waals surface area contributed by atoms with E-state index in [0.29, 0.717) is 6.04 Å². The first kappa shape index (κ1) is 17.0. The molecule has 22 heavy (non-hydrogen) atoms. The molecule has 0 aromatic heterocycles. The largest absolute Gasteiger partial charge is 0.342 e. The van der Waals surface area contributed by atoms with Crippen LogP contribution in [-0.4, -0.2) is 55.0 Å². The second-order valence-corrected chi connectivity index (χ2v) is 5.95. The second-order valence-electron chi connectivity index (χ2n) is 5.95. The average molecular weight is 303 g/mol. The number of amides is 1.